The molecule has 0 radical (unpaired) electrons. The van der Waals surface area contributed by atoms with Crippen molar-refractivity contribution in [2.24, 2.45) is 0 Å². The predicted octanol–water partition coefficient (Wildman–Crippen LogP) is 5.85. The largest absolute Gasteiger partial charge is 0.507 e. The Balaban J connectivity index is 2.45. The highest BCUT2D eigenvalue weighted by Gasteiger charge is 2.36. The van der Waals surface area contributed by atoms with Crippen LogP contribution in [0, 0.1) is 0 Å². The molecule has 1 aliphatic rings. The smallest absolute Gasteiger partial charge is 0.203 e. The van der Waals surface area contributed by atoms with Gasteiger partial charge < -0.3 is 28.8 Å². The molecule has 0 saturated carbocycles. The molecule has 3 rings (SSSR count). The van der Waals surface area contributed by atoms with Gasteiger partial charge in [0, 0.05) is 16.7 Å². The first-order valence-electron chi connectivity index (χ1n) is 11.1. The van der Waals surface area contributed by atoms with Crippen LogP contribution in [-0.2, 0) is 17.6 Å². The summed E-state index contributed by atoms with van der Waals surface area (Å²) in [5.41, 5.74) is 3.86. The molecule has 176 valence electrons. The van der Waals surface area contributed by atoms with E-state index in [4.69, 9.17) is 23.7 Å². The monoisotopic (exact) mass is 444 g/mol. The van der Waals surface area contributed by atoms with E-state index < -0.39 is 5.60 Å². The summed E-state index contributed by atoms with van der Waals surface area (Å²) in [6.07, 6.45) is 2.75. The van der Waals surface area contributed by atoms with Gasteiger partial charge in [-0.15, -0.1) is 0 Å². The molecule has 1 aliphatic carbocycles. The Morgan fingerprint density at radius 2 is 1.56 bits per heavy atom. The number of aryl methyl sites for hydroxylation is 2. The zero-order chi connectivity index (χ0) is 23.6. The third-order valence-electron chi connectivity index (χ3n) is 5.77. The van der Waals surface area contributed by atoms with Crippen LogP contribution < -0.4 is 18.9 Å². The van der Waals surface area contributed by atoms with Gasteiger partial charge in [-0.3, -0.25) is 0 Å². The van der Waals surface area contributed by atoms with Crippen LogP contribution >= 0.6 is 0 Å². The lowest BCUT2D eigenvalue weighted by Crippen LogP contribution is -2.23. The van der Waals surface area contributed by atoms with E-state index in [1.165, 1.54) is 0 Å². The Morgan fingerprint density at radius 1 is 0.906 bits per heavy atom. The maximum atomic E-state index is 11.5. The van der Waals surface area contributed by atoms with E-state index in [9.17, 15) is 5.11 Å². The van der Waals surface area contributed by atoms with E-state index in [0.717, 1.165) is 40.7 Å². The molecule has 6 nitrogen and oxygen atoms in total. The predicted molar refractivity (Wildman–Crippen MR) is 126 cm³/mol. The van der Waals surface area contributed by atoms with E-state index in [1.807, 2.05) is 32.9 Å². The zero-order valence-corrected chi connectivity index (χ0v) is 20.5. The SMILES string of the molecule is CCCc1cc(OC)c2c(c1O)[C@@H](OC(C)(C)C)CCc1cc(OC)c(OC)c(OC)c1-2. The van der Waals surface area contributed by atoms with Crippen molar-refractivity contribution in [3.05, 3.63) is 28.8 Å². The Kier molecular flexibility index (Phi) is 7.13. The van der Waals surface area contributed by atoms with Crippen molar-refractivity contribution in [3.63, 3.8) is 0 Å². The molecule has 2 aromatic carbocycles. The highest BCUT2D eigenvalue weighted by atomic mass is 16.5. The van der Waals surface area contributed by atoms with E-state index in [2.05, 4.69) is 6.92 Å². The van der Waals surface area contributed by atoms with Crippen molar-refractivity contribution in [1.29, 1.82) is 0 Å². The minimum atomic E-state index is -0.391. The number of aromatic hydroxyl groups is 1. The van der Waals surface area contributed by atoms with Crippen molar-refractivity contribution >= 4 is 0 Å². The summed E-state index contributed by atoms with van der Waals surface area (Å²) in [7, 11) is 6.47. The van der Waals surface area contributed by atoms with Crippen LogP contribution in [0.4, 0.5) is 0 Å². The normalized spacial score (nSPS) is 15.4. The summed E-state index contributed by atoms with van der Waals surface area (Å²) in [6, 6.07) is 3.91. The lowest BCUT2D eigenvalue weighted by Gasteiger charge is -2.30. The summed E-state index contributed by atoms with van der Waals surface area (Å²) in [4.78, 5) is 0. The molecule has 0 heterocycles. The van der Waals surface area contributed by atoms with Gasteiger partial charge in [-0.25, -0.2) is 0 Å². The third kappa shape index (κ3) is 4.33. The van der Waals surface area contributed by atoms with Gasteiger partial charge in [0.15, 0.2) is 11.5 Å². The van der Waals surface area contributed by atoms with Gasteiger partial charge in [0.1, 0.15) is 11.5 Å². The molecule has 0 aliphatic heterocycles. The first-order valence-corrected chi connectivity index (χ1v) is 11.1. The summed E-state index contributed by atoms with van der Waals surface area (Å²) in [5.74, 6) is 2.61. The number of ether oxygens (including phenoxy) is 5. The lowest BCUT2D eigenvalue weighted by atomic mass is 9.89. The maximum absolute atomic E-state index is 11.5. The van der Waals surface area contributed by atoms with Crippen LogP contribution in [0.15, 0.2) is 12.1 Å². The molecule has 1 atom stereocenters. The van der Waals surface area contributed by atoms with Gasteiger partial charge in [-0.05, 0) is 63.3 Å². The molecular weight excluding hydrogens is 408 g/mol. The molecule has 2 aromatic rings. The van der Waals surface area contributed by atoms with Crippen molar-refractivity contribution in [3.8, 4) is 39.9 Å². The second-order valence-corrected chi connectivity index (χ2v) is 9.06. The van der Waals surface area contributed by atoms with Crippen LogP contribution in [0.2, 0.25) is 0 Å². The van der Waals surface area contributed by atoms with E-state index in [1.54, 1.807) is 28.4 Å². The quantitative estimate of drug-likeness (QED) is 0.578. The van der Waals surface area contributed by atoms with Crippen molar-refractivity contribution in [1.82, 2.24) is 0 Å². The van der Waals surface area contributed by atoms with Gasteiger partial charge in [-0.2, -0.15) is 0 Å². The Labute approximate surface area is 191 Å². The standard InChI is InChI=1S/C26H36O6/c1-9-10-16-14-18(28-5)21-20-15(13-19(29-6)24(30-7)25(20)31-8)11-12-17(22(21)23(16)27)32-26(2,3)4/h13-14,17,27H,9-12H2,1-8H3/t17-/m0/s1. The van der Waals surface area contributed by atoms with E-state index in [-0.39, 0.29) is 11.9 Å². The molecular formula is C26H36O6. The number of hydrogen-bond acceptors (Lipinski definition) is 6. The van der Waals surface area contributed by atoms with Gasteiger partial charge >= 0.3 is 0 Å². The second-order valence-electron chi connectivity index (χ2n) is 9.06. The molecule has 32 heavy (non-hydrogen) atoms. The fraction of sp³-hybridized carbons (Fsp3) is 0.538. The summed E-state index contributed by atoms with van der Waals surface area (Å²) >= 11 is 0. The number of methoxy groups -OCH3 is 4. The van der Waals surface area contributed by atoms with Crippen LogP contribution in [0.25, 0.3) is 11.1 Å². The van der Waals surface area contributed by atoms with Crippen molar-refractivity contribution < 1.29 is 28.8 Å². The number of rotatable bonds is 7. The number of phenolic OH excluding ortho intramolecular Hbond substituents is 1. The Morgan fingerprint density at radius 3 is 2.09 bits per heavy atom. The molecule has 0 bridgehead atoms. The molecule has 6 heteroatoms. The zero-order valence-electron chi connectivity index (χ0n) is 20.5. The average Bonchev–Trinajstić information content (AvgIpc) is 2.90. The van der Waals surface area contributed by atoms with Crippen LogP contribution in [0.1, 0.15) is 63.3 Å². The van der Waals surface area contributed by atoms with Crippen molar-refractivity contribution in [2.45, 2.75) is 65.1 Å². The van der Waals surface area contributed by atoms with Crippen molar-refractivity contribution in [2.75, 3.05) is 28.4 Å². The summed E-state index contributed by atoms with van der Waals surface area (Å²) in [5, 5.41) is 11.5. The van der Waals surface area contributed by atoms with Crippen LogP contribution in [-0.4, -0.2) is 39.1 Å². The number of hydrogen-bond donors (Lipinski definition) is 1. The fourth-order valence-corrected chi connectivity index (χ4v) is 4.57. The minimum Gasteiger partial charge on any atom is -0.507 e. The number of benzene rings is 2. The average molecular weight is 445 g/mol. The second kappa shape index (κ2) is 9.49. The summed E-state index contributed by atoms with van der Waals surface area (Å²) in [6.45, 7) is 8.18. The van der Waals surface area contributed by atoms with Gasteiger partial charge in [0.25, 0.3) is 0 Å². The van der Waals surface area contributed by atoms with Gasteiger partial charge in [-0.1, -0.05) is 13.3 Å². The first-order chi connectivity index (χ1) is 15.2. The highest BCUT2D eigenvalue weighted by Crippen LogP contribution is 2.56. The van der Waals surface area contributed by atoms with Gasteiger partial charge in [0.2, 0.25) is 5.75 Å². The van der Waals surface area contributed by atoms with Crippen LogP contribution in [0.3, 0.4) is 0 Å². The van der Waals surface area contributed by atoms with Gasteiger partial charge in [0.05, 0.1) is 40.1 Å². The lowest BCUT2D eigenvalue weighted by molar-refractivity contribution is -0.0652. The Bertz CT molecular complexity index is 974. The topological polar surface area (TPSA) is 66.4 Å². The molecule has 0 aromatic heterocycles. The fourth-order valence-electron chi connectivity index (χ4n) is 4.57. The molecule has 1 N–H and O–H groups in total. The molecule has 0 fully saturated rings. The van der Waals surface area contributed by atoms with Crippen LogP contribution in [0.5, 0.6) is 28.7 Å². The maximum Gasteiger partial charge on any atom is 0.203 e. The molecule has 0 spiro atoms. The first kappa shape index (κ1) is 24.1. The molecule has 0 saturated heterocycles. The van der Waals surface area contributed by atoms with E-state index >= 15 is 0 Å². The minimum absolute atomic E-state index is 0.265. The van der Waals surface area contributed by atoms with E-state index in [0.29, 0.717) is 35.8 Å². The highest BCUT2D eigenvalue weighted by molar-refractivity contribution is 5.88. The Hall–Kier alpha value is -2.60. The molecule has 0 unspecified atom stereocenters. The summed E-state index contributed by atoms with van der Waals surface area (Å²) < 4.78 is 29.5. The third-order valence-corrected chi connectivity index (χ3v) is 5.77. The number of phenols is 1. The molecule has 0 amide bonds. The number of fused-ring (bicyclic) bond motifs is 3.